The summed E-state index contributed by atoms with van der Waals surface area (Å²) in [6.45, 7) is 3.93. The standard InChI is InChI=1S/C19H22O2/c1-2-15-3-4-16(18(20)21)8-17(15)19-9-12-5-13(10-19)7-14(6-12)11-19/h2-4,8,12-14H,1,5-7,9-11H2,(H,20,21)/p-1. The molecule has 5 rings (SSSR count). The summed E-state index contributed by atoms with van der Waals surface area (Å²) >= 11 is 0. The SMILES string of the molecule is C=Cc1ccc(C(=O)[O-])cc1C12CC3CC(CC(C3)C1)C2. The Bertz CT molecular complexity index is 579. The topological polar surface area (TPSA) is 40.1 Å². The molecule has 0 spiro atoms. The lowest BCUT2D eigenvalue weighted by Gasteiger charge is -2.57. The van der Waals surface area contributed by atoms with Crippen LogP contribution in [0, 0.1) is 17.8 Å². The summed E-state index contributed by atoms with van der Waals surface area (Å²) in [7, 11) is 0. The molecule has 21 heavy (non-hydrogen) atoms. The molecule has 4 aliphatic rings. The van der Waals surface area contributed by atoms with Crippen LogP contribution < -0.4 is 5.11 Å². The Morgan fingerprint density at radius 1 is 1.14 bits per heavy atom. The lowest BCUT2D eigenvalue weighted by Crippen LogP contribution is -2.48. The van der Waals surface area contributed by atoms with Crippen LogP contribution in [-0.2, 0) is 5.41 Å². The minimum atomic E-state index is -1.07. The van der Waals surface area contributed by atoms with Gasteiger partial charge in [0.2, 0.25) is 0 Å². The van der Waals surface area contributed by atoms with E-state index >= 15 is 0 Å². The summed E-state index contributed by atoms with van der Waals surface area (Å²) in [6.07, 6.45) is 9.75. The first-order valence-corrected chi connectivity index (χ1v) is 8.08. The summed E-state index contributed by atoms with van der Waals surface area (Å²) in [6, 6.07) is 5.43. The predicted molar refractivity (Wildman–Crippen MR) is 80.7 cm³/mol. The number of aromatic carboxylic acids is 1. The summed E-state index contributed by atoms with van der Waals surface area (Å²) in [5.74, 6) is 1.47. The Balaban J connectivity index is 1.83. The molecule has 0 radical (unpaired) electrons. The fourth-order valence-corrected chi connectivity index (χ4v) is 5.76. The van der Waals surface area contributed by atoms with Gasteiger partial charge in [-0.15, -0.1) is 0 Å². The van der Waals surface area contributed by atoms with E-state index in [-0.39, 0.29) is 5.41 Å². The van der Waals surface area contributed by atoms with Gasteiger partial charge in [0.05, 0.1) is 5.97 Å². The van der Waals surface area contributed by atoms with Gasteiger partial charge in [0.25, 0.3) is 0 Å². The van der Waals surface area contributed by atoms with Crippen molar-refractivity contribution in [2.75, 3.05) is 0 Å². The molecule has 110 valence electrons. The number of carbonyl (C=O) groups excluding carboxylic acids is 1. The van der Waals surface area contributed by atoms with Crippen molar-refractivity contribution in [3.63, 3.8) is 0 Å². The fraction of sp³-hybridized carbons (Fsp3) is 0.526. The van der Waals surface area contributed by atoms with Gasteiger partial charge < -0.3 is 9.90 Å². The van der Waals surface area contributed by atoms with Gasteiger partial charge in [0, 0.05) is 0 Å². The number of carbonyl (C=O) groups is 1. The second-order valence-corrected chi connectivity index (χ2v) is 7.49. The largest absolute Gasteiger partial charge is 0.545 e. The zero-order valence-electron chi connectivity index (χ0n) is 12.3. The Hall–Kier alpha value is -1.57. The smallest absolute Gasteiger partial charge is 0.0715 e. The van der Waals surface area contributed by atoms with Gasteiger partial charge >= 0.3 is 0 Å². The minimum Gasteiger partial charge on any atom is -0.545 e. The number of benzene rings is 1. The third kappa shape index (κ3) is 1.96. The second kappa shape index (κ2) is 4.46. The molecule has 0 aromatic heterocycles. The molecular formula is C19H21O2-. The molecule has 2 heteroatoms. The third-order valence-electron chi connectivity index (χ3n) is 6.12. The molecule has 0 saturated heterocycles. The molecule has 4 saturated carbocycles. The van der Waals surface area contributed by atoms with Crippen molar-refractivity contribution >= 4 is 12.0 Å². The molecule has 0 unspecified atom stereocenters. The Morgan fingerprint density at radius 2 is 1.71 bits per heavy atom. The lowest BCUT2D eigenvalue weighted by atomic mass is 9.47. The summed E-state index contributed by atoms with van der Waals surface area (Å²) < 4.78 is 0. The van der Waals surface area contributed by atoms with Gasteiger partial charge in [-0.25, -0.2) is 0 Å². The van der Waals surface area contributed by atoms with Crippen LogP contribution in [0.15, 0.2) is 24.8 Å². The number of carboxylic acid groups (broad SMARTS) is 1. The highest BCUT2D eigenvalue weighted by molar-refractivity contribution is 5.86. The van der Waals surface area contributed by atoms with Gasteiger partial charge in [0.15, 0.2) is 0 Å². The van der Waals surface area contributed by atoms with E-state index in [1.165, 1.54) is 44.1 Å². The maximum absolute atomic E-state index is 11.2. The Morgan fingerprint density at radius 3 is 2.19 bits per heavy atom. The van der Waals surface area contributed by atoms with Crippen LogP contribution in [-0.4, -0.2) is 5.97 Å². The van der Waals surface area contributed by atoms with E-state index in [9.17, 15) is 9.90 Å². The highest BCUT2D eigenvalue weighted by Gasteiger charge is 2.52. The van der Waals surface area contributed by atoms with E-state index in [1.807, 2.05) is 18.2 Å². The minimum absolute atomic E-state index is 0.198. The number of carboxylic acids is 1. The Labute approximate surface area is 125 Å². The predicted octanol–water partition coefficient (Wildman–Crippen LogP) is 3.16. The van der Waals surface area contributed by atoms with Gasteiger partial charge in [-0.3, -0.25) is 0 Å². The average Bonchev–Trinajstić information content (AvgIpc) is 2.45. The van der Waals surface area contributed by atoms with Crippen LogP contribution in [0.5, 0.6) is 0 Å². The van der Waals surface area contributed by atoms with Crippen molar-refractivity contribution in [3.05, 3.63) is 41.5 Å². The number of hydrogen-bond donors (Lipinski definition) is 0. The van der Waals surface area contributed by atoms with Crippen molar-refractivity contribution in [2.24, 2.45) is 17.8 Å². The van der Waals surface area contributed by atoms with Gasteiger partial charge in [0.1, 0.15) is 0 Å². The zero-order chi connectivity index (χ0) is 14.6. The third-order valence-corrected chi connectivity index (χ3v) is 6.12. The zero-order valence-corrected chi connectivity index (χ0v) is 12.3. The molecule has 4 fully saturated rings. The van der Waals surface area contributed by atoms with E-state index in [2.05, 4.69) is 6.58 Å². The van der Waals surface area contributed by atoms with E-state index in [0.717, 1.165) is 23.3 Å². The van der Waals surface area contributed by atoms with Gasteiger partial charge in [-0.2, -0.15) is 0 Å². The molecule has 2 nitrogen and oxygen atoms in total. The first kappa shape index (κ1) is 13.1. The van der Waals surface area contributed by atoms with Crippen LogP contribution in [0.1, 0.15) is 60.0 Å². The van der Waals surface area contributed by atoms with Crippen molar-refractivity contribution in [3.8, 4) is 0 Å². The first-order valence-electron chi connectivity index (χ1n) is 8.08. The van der Waals surface area contributed by atoms with Crippen LogP contribution in [0.4, 0.5) is 0 Å². The quantitative estimate of drug-likeness (QED) is 0.854. The van der Waals surface area contributed by atoms with Gasteiger partial charge in [-0.1, -0.05) is 24.8 Å². The summed E-state index contributed by atoms with van der Waals surface area (Å²) in [4.78, 5) is 11.2. The van der Waals surface area contributed by atoms with Crippen LogP contribution >= 0.6 is 0 Å². The normalized spacial score (nSPS) is 36.7. The molecule has 1 aromatic carbocycles. The van der Waals surface area contributed by atoms with Crippen LogP contribution in [0.2, 0.25) is 0 Å². The number of rotatable bonds is 3. The molecule has 0 heterocycles. The maximum atomic E-state index is 11.2. The molecule has 0 aliphatic heterocycles. The molecule has 4 aliphatic carbocycles. The molecule has 1 aromatic rings. The van der Waals surface area contributed by atoms with E-state index in [0.29, 0.717) is 5.56 Å². The van der Waals surface area contributed by atoms with Gasteiger partial charge in [-0.05, 0) is 84.5 Å². The Kier molecular flexibility index (Phi) is 2.79. The summed E-state index contributed by atoms with van der Waals surface area (Å²) in [5.41, 5.74) is 2.84. The van der Waals surface area contributed by atoms with Crippen LogP contribution in [0.3, 0.4) is 0 Å². The van der Waals surface area contributed by atoms with E-state index in [4.69, 9.17) is 0 Å². The first-order chi connectivity index (χ1) is 10.1. The number of hydrogen-bond acceptors (Lipinski definition) is 2. The maximum Gasteiger partial charge on any atom is 0.0715 e. The molecule has 0 amide bonds. The van der Waals surface area contributed by atoms with Crippen molar-refractivity contribution in [2.45, 2.75) is 43.9 Å². The van der Waals surface area contributed by atoms with Crippen molar-refractivity contribution in [1.29, 1.82) is 0 Å². The average molecular weight is 281 g/mol. The monoisotopic (exact) mass is 281 g/mol. The molecular weight excluding hydrogens is 260 g/mol. The van der Waals surface area contributed by atoms with Crippen molar-refractivity contribution in [1.82, 2.24) is 0 Å². The van der Waals surface area contributed by atoms with Crippen LogP contribution in [0.25, 0.3) is 6.08 Å². The highest BCUT2D eigenvalue weighted by Crippen LogP contribution is 2.61. The molecule has 0 atom stereocenters. The lowest BCUT2D eigenvalue weighted by molar-refractivity contribution is -0.255. The van der Waals surface area contributed by atoms with E-state index in [1.54, 1.807) is 6.07 Å². The summed E-state index contributed by atoms with van der Waals surface area (Å²) in [5, 5.41) is 11.2. The second-order valence-electron chi connectivity index (χ2n) is 7.49. The van der Waals surface area contributed by atoms with Crippen molar-refractivity contribution < 1.29 is 9.90 Å². The van der Waals surface area contributed by atoms with E-state index < -0.39 is 5.97 Å². The molecule has 4 bridgehead atoms. The molecule has 0 N–H and O–H groups in total. The fourth-order valence-electron chi connectivity index (χ4n) is 5.76. The highest BCUT2D eigenvalue weighted by atomic mass is 16.4.